The third-order valence-corrected chi connectivity index (χ3v) is 3.53. The van der Waals surface area contributed by atoms with Crippen LogP contribution in [-0.4, -0.2) is 42.1 Å². The van der Waals surface area contributed by atoms with Crippen molar-refractivity contribution in [3.63, 3.8) is 0 Å². The number of carbonyl (C=O) groups is 2. The number of allylic oxidation sites excluding steroid dienone is 1. The number of hydrogen-bond acceptors (Lipinski definition) is 5. The molecule has 0 aliphatic carbocycles. The molecule has 5 nitrogen and oxygen atoms in total. The highest BCUT2D eigenvalue weighted by Gasteiger charge is 2.31. The molecule has 0 saturated heterocycles. The number of nitrogens with two attached hydrogens (primary N) is 1. The first kappa shape index (κ1) is 12.8. The van der Waals surface area contributed by atoms with Crippen molar-refractivity contribution < 1.29 is 14.3 Å². The van der Waals surface area contributed by atoms with Crippen LogP contribution in [0.25, 0.3) is 0 Å². The molecule has 1 atom stereocenters. The lowest BCUT2D eigenvalue weighted by molar-refractivity contribution is -0.139. The fraction of sp³-hybridized carbons (Fsp3) is 0.400. The first-order valence-electron chi connectivity index (χ1n) is 4.68. The second-order valence-corrected chi connectivity index (χ2v) is 4.25. The summed E-state index contributed by atoms with van der Waals surface area (Å²) in [4.78, 5) is 23.9. The van der Waals surface area contributed by atoms with Crippen LogP contribution in [0.5, 0.6) is 0 Å². The Balaban J connectivity index is 3.16. The molecular weight excluding hydrogens is 228 g/mol. The molecule has 1 aliphatic rings. The van der Waals surface area contributed by atoms with Crippen LogP contribution in [0.2, 0.25) is 0 Å². The van der Waals surface area contributed by atoms with Gasteiger partial charge >= 0.3 is 5.97 Å². The first-order chi connectivity index (χ1) is 7.69. The number of nitrogens with zero attached hydrogens (tertiary/aromatic N) is 1. The SMILES string of the molecule is C=CC1=C(C(=O)OC)N(C=O)C(CN)SC1. The maximum Gasteiger partial charge on any atom is 0.355 e. The van der Waals surface area contributed by atoms with Gasteiger partial charge in [-0.05, 0) is 5.57 Å². The molecule has 1 unspecified atom stereocenters. The quantitative estimate of drug-likeness (QED) is 0.558. The van der Waals surface area contributed by atoms with E-state index in [1.165, 1.54) is 23.8 Å². The summed E-state index contributed by atoms with van der Waals surface area (Å²) in [5, 5.41) is -0.227. The van der Waals surface area contributed by atoms with Crippen molar-refractivity contribution in [3.8, 4) is 0 Å². The van der Waals surface area contributed by atoms with Crippen LogP contribution in [0.3, 0.4) is 0 Å². The van der Waals surface area contributed by atoms with Gasteiger partial charge in [0.05, 0.1) is 12.5 Å². The van der Waals surface area contributed by atoms with Gasteiger partial charge in [0.2, 0.25) is 6.41 Å². The van der Waals surface area contributed by atoms with Crippen molar-refractivity contribution in [2.24, 2.45) is 5.73 Å². The van der Waals surface area contributed by atoms with Crippen LogP contribution in [-0.2, 0) is 14.3 Å². The predicted octanol–water partition coefficient (Wildman–Crippen LogP) is 0.0895. The minimum Gasteiger partial charge on any atom is -0.464 e. The molecule has 0 spiro atoms. The minimum atomic E-state index is -0.541. The lowest BCUT2D eigenvalue weighted by Gasteiger charge is -2.33. The normalized spacial score (nSPS) is 20.6. The molecule has 1 aliphatic heterocycles. The lowest BCUT2D eigenvalue weighted by atomic mass is 10.2. The van der Waals surface area contributed by atoms with Gasteiger partial charge in [0.15, 0.2) is 0 Å². The summed E-state index contributed by atoms with van der Waals surface area (Å²) in [7, 11) is 1.28. The van der Waals surface area contributed by atoms with E-state index in [1.54, 1.807) is 6.08 Å². The number of methoxy groups -OCH3 is 1. The van der Waals surface area contributed by atoms with Crippen LogP contribution in [0.15, 0.2) is 23.9 Å². The second-order valence-electron chi connectivity index (χ2n) is 3.08. The summed E-state index contributed by atoms with van der Waals surface area (Å²) < 4.78 is 4.65. The smallest absolute Gasteiger partial charge is 0.355 e. The maximum absolute atomic E-state index is 11.6. The fourth-order valence-electron chi connectivity index (χ4n) is 1.44. The third kappa shape index (κ3) is 2.28. The highest BCUT2D eigenvalue weighted by Crippen LogP contribution is 2.30. The summed E-state index contributed by atoms with van der Waals surface area (Å²) in [5.41, 5.74) is 6.46. The number of rotatable bonds is 4. The predicted molar refractivity (Wildman–Crippen MR) is 62.4 cm³/mol. The average Bonchev–Trinajstić information content (AvgIpc) is 2.35. The number of thioether (sulfide) groups is 1. The second kappa shape index (κ2) is 5.72. The van der Waals surface area contributed by atoms with Gasteiger partial charge in [0.25, 0.3) is 0 Å². The van der Waals surface area contributed by atoms with E-state index in [1.807, 2.05) is 0 Å². The van der Waals surface area contributed by atoms with Crippen LogP contribution in [0.1, 0.15) is 0 Å². The Bertz CT molecular complexity index is 341. The molecule has 1 heterocycles. The van der Waals surface area contributed by atoms with E-state index in [-0.39, 0.29) is 17.6 Å². The Morgan fingerprint density at radius 3 is 2.94 bits per heavy atom. The van der Waals surface area contributed by atoms with E-state index >= 15 is 0 Å². The first-order valence-corrected chi connectivity index (χ1v) is 5.73. The molecule has 0 aromatic carbocycles. The van der Waals surface area contributed by atoms with Gasteiger partial charge in [0, 0.05) is 12.3 Å². The van der Waals surface area contributed by atoms with E-state index < -0.39 is 5.97 Å². The van der Waals surface area contributed by atoms with Crippen LogP contribution in [0, 0.1) is 0 Å². The Labute approximate surface area is 98.3 Å². The number of hydrogen-bond donors (Lipinski definition) is 1. The average molecular weight is 242 g/mol. The van der Waals surface area contributed by atoms with Gasteiger partial charge < -0.3 is 10.5 Å². The lowest BCUT2D eigenvalue weighted by Crippen LogP contribution is -2.42. The monoisotopic (exact) mass is 242 g/mol. The minimum absolute atomic E-state index is 0.227. The molecule has 2 N–H and O–H groups in total. The van der Waals surface area contributed by atoms with Gasteiger partial charge in [0.1, 0.15) is 5.70 Å². The standard InChI is InChI=1S/C10H14N2O3S/c1-3-7-5-16-8(4-11)12(6-13)9(7)10(14)15-2/h3,6,8H,1,4-5,11H2,2H3. The summed E-state index contributed by atoms with van der Waals surface area (Å²) >= 11 is 1.49. The fourth-order valence-corrected chi connectivity index (χ4v) is 2.51. The van der Waals surface area contributed by atoms with E-state index in [2.05, 4.69) is 11.3 Å². The summed E-state index contributed by atoms with van der Waals surface area (Å²) in [6, 6.07) is 0. The largest absolute Gasteiger partial charge is 0.464 e. The van der Waals surface area contributed by atoms with E-state index in [4.69, 9.17) is 5.73 Å². The maximum atomic E-state index is 11.6. The van der Waals surface area contributed by atoms with Gasteiger partial charge in [-0.15, -0.1) is 11.8 Å². The third-order valence-electron chi connectivity index (χ3n) is 2.24. The Hall–Kier alpha value is -1.27. The topological polar surface area (TPSA) is 72.6 Å². The van der Waals surface area contributed by atoms with Gasteiger partial charge in [-0.2, -0.15) is 0 Å². The summed E-state index contributed by atoms with van der Waals surface area (Å²) in [6.07, 6.45) is 2.15. The van der Waals surface area contributed by atoms with Gasteiger partial charge in [-0.1, -0.05) is 12.7 Å². The zero-order valence-electron chi connectivity index (χ0n) is 9.01. The van der Waals surface area contributed by atoms with Crippen LogP contribution < -0.4 is 5.73 Å². The van der Waals surface area contributed by atoms with Crippen molar-refractivity contribution in [1.29, 1.82) is 0 Å². The zero-order chi connectivity index (χ0) is 12.1. The summed E-state index contributed by atoms with van der Waals surface area (Å²) in [5.74, 6) is 0.0564. The molecule has 6 heteroatoms. The molecule has 16 heavy (non-hydrogen) atoms. The highest BCUT2D eigenvalue weighted by atomic mass is 32.2. The summed E-state index contributed by atoms with van der Waals surface area (Å²) in [6.45, 7) is 3.90. The molecule has 0 saturated carbocycles. The molecule has 1 rings (SSSR count). The molecule has 0 radical (unpaired) electrons. The number of esters is 1. The van der Waals surface area contributed by atoms with Gasteiger partial charge in [-0.3, -0.25) is 9.69 Å². The van der Waals surface area contributed by atoms with E-state index in [9.17, 15) is 9.59 Å². The van der Waals surface area contributed by atoms with E-state index in [0.29, 0.717) is 17.7 Å². The number of ether oxygens (including phenoxy) is 1. The zero-order valence-corrected chi connectivity index (χ0v) is 9.83. The van der Waals surface area contributed by atoms with Gasteiger partial charge in [-0.25, -0.2) is 4.79 Å². The van der Waals surface area contributed by atoms with Crippen molar-refractivity contribution >= 4 is 24.1 Å². The van der Waals surface area contributed by atoms with Crippen molar-refractivity contribution in [2.45, 2.75) is 5.37 Å². The molecule has 0 fully saturated rings. The molecule has 1 amide bonds. The molecule has 0 aromatic rings. The molecule has 0 aromatic heterocycles. The Morgan fingerprint density at radius 2 is 2.50 bits per heavy atom. The Morgan fingerprint density at radius 1 is 1.81 bits per heavy atom. The molecule has 88 valence electrons. The number of carbonyl (C=O) groups excluding carboxylic acids is 2. The Kier molecular flexibility index (Phi) is 4.57. The molecular formula is C10H14N2O3S. The van der Waals surface area contributed by atoms with Crippen molar-refractivity contribution in [3.05, 3.63) is 23.9 Å². The van der Waals surface area contributed by atoms with E-state index in [0.717, 1.165) is 0 Å². The van der Waals surface area contributed by atoms with Crippen LogP contribution in [0.4, 0.5) is 0 Å². The highest BCUT2D eigenvalue weighted by molar-refractivity contribution is 8.00. The number of amides is 1. The van der Waals surface area contributed by atoms with Crippen LogP contribution >= 0.6 is 11.8 Å². The molecule has 0 bridgehead atoms. The van der Waals surface area contributed by atoms with Crippen molar-refractivity contribution in [1.82, 2.24) is 4.90 Å². The van der Waals surface area contributed by atoms with Crippen molar-refractivity contribution in [2.75, 3.05) is 19.4 Å².